The van der Waals surface area contributed by atoms with Gasteiger partial charge in [-0.3, -0.25) is 4.90 Å². The van der Waals surface area contributed by atoms with Crippen LogP contribution in [0.4, 0.5) is 0 Å². The molecule has 1 N–H and O–H groups in total. The van der Waals surface area contributed by atoms with E-state index in [9.17, 15) is 4.79 Å². The molecule has 0 unspecified atom stereocenters. The molecule has 4 nitrogen and oxygen atoms in total. The normalized spacial score (nSPS) is 25.0. The molecule has 0 radical (unpaired) electrons. The van der Waals surface area contributed by atoms with Gasteiger partial charge >= 0.3 is 5.97 Å². The average molecular weight is 275 g/mol. The maximum Gasteiger partial charge on any atom is 0.335 e. The number of carbonyl (C=O) groups is 1. The summed E-state index contributed by atoms with van der Waals surface area (Å²) in [6.07, 6.45) is 5.23. The summed E-state index contributed by atoms with van der Waals surface area (Å²) in [5.41, 5.74) is 0.296. The first-order valence-corrected chi connectivity index (χ1v) is 7.44. The summed E-state index contributed by atoms with van der Waals surface area (Å²) in [5.74, 6) is 0.817. The van der Waals surface area contributed by atoms with E-state index in [1.807, 2.05) is 0 Å². The van der Waals surface area contributed by atoms with Crippen LogP contribution in [0.1, 0.15) is 36.0 Å². The number of carboxylic acids is 1. The van der Waals surface area contributed by atoms with Gasteiger partial charge in [-0.15, -0.1) is 0 Å². The second-order valence-electron chi connectivity index (χ2n) is 5.78. The van der Waals surface area contributed by atoms with E-state index in [4.69, 9.17) is 9.84 Å². The topological polar surface area (TPSA) is 49.8 Å². The van der Waals surface area contributed by atoms with Gasteiger partial charge in [-0.05, 0) is 49.4 Å². The minimum Gasteiger partial charge on any atom is -0.494 e. The van der Waals surface area contributed by atoms with Crippen molar-refractivity contribution in [3.63, 3.8) is 0 Å². The third-order valence-electron chi connectivity index (χ3n) is 4.52. The molecule has 20 heavy (non-hydrogen) atoms. The summed E-state index contributed by atoms with van der Waals surface area (Å²) in [7, 11) is 0. The van der Waals surface area contributed by atoms with Crippen LogP contribution in [0.25, 0.3) is 0 Å². The fraction of sp³-hybridized carbons (Fsp3) is 0.562. The van der Waals surface area contributed by atoms with Crippen molar-refractivity contribution in [2.24, 2.45) is 5.92 Å². The van der Waals surface area contributed by atoms with Crippen LogP contribution < -0.4 is 4.74 Å². The molecule has 4 heteroatoms. The van der Waals surface area contributed by atoms with Gasteiger partial charge in [0.25, 0.3) is 0 Å². The number of fused-ring (bicyclic) bond motifs is 1. The van der Waals surface area contributed by atoms with Gasteiger partial charge in [0.2, 0.25) is 0 Å². The number of ether oxygens (including phenoxy) is 1. The van der Waals surface area contributed by atoms with E-state index in [1.165, 1.54) is 25.8 Å². The number of rotatable bonds is 6. The van der Waals surface area contributed by atoms with E-state index in [1.54, 1.807) is 24.3 Å². The predicted molar refractivity (Wildman–Crippen MR) is 76.2 cm³/mol. The molecular weight excluding hydrogens is 254 g/mol. The second kappa shape index (κ2) is 5.83. The lowest BCUT2D eigenvalue weighted by molar-refractivity contribution is 0.0341. The van der Waals surface area contributed by atoms with Crippen LogP contribution >= 0.6 is 0 Å². The molecule has 2 atom stereocenters. The Labute approximate surface area is 119 Å². The van der Waals surface area contributed by atoms with Gasteiger partial charge in [0, 0.05) is 19.1 Å². The molecule has 2 aliphatic rings. The third kappa shape index (κ3) is 2.80. The van der Waals surface area contributed by atoms with E-state index in [0.717, 1.165) is 30.7 Å². The van der Waals surface area contributed by atoms with Crippen molar-refractivity contribution in [1.29, 1.82) is 0 Å². The summed E-state index contributed by atoms with van der Waals surface area (Å²) in [6, 6.07) is 7.46. The Kier molecular flexibility index (Phi) is 3.92. The summed E-state index contributed by atoms with van der Waals surface area (Å²) in [4.78, 5) is 13.3. The van der Waals surface area contributed by atoms with Crippen LogP contribution in [0.5, 0.6) is 5.75 Å². The van der Waals surface area contributed by atoms with Crippen molar-refractivity contribution in [3.05, 3.63) is 29.8 Å². The lowest BCUT2D eigenvalue weighted by Crippen LogP contribution is -2.53. The van der Waals surface area contributed by atoms with Crippen LogP contribution in [-0.2, 0) is 0 Å². The van der Waals surface area contributed by atoms with Gasteiger partial charge in [-0.1, -0.05) is 6.42 Å². The molecule has 108 valence electrons. The van der Waals surface area contributed by atoms with Crippen molar-refractivity contribution in [1.82, 2.24) is 4.90 Å². The molecule has 1 saturated carbocycles. The number of hydrogen-bond acceptors (Lipinski definition) is 3. The Balaban J connectivity index is 1.36. The maximum atomic E-state index is 10.7. The smallest absolute Gasteiger partial charge is 0.335 e. The standard InChI is InChI=1S/C16H21NO3/c18-16(19)12-5-7-14(8-6-12)20-10-2-9-17-11-13-3-1-4-15(13)17/h5-8,13,15H,1-4,9-11H2,(H,18,19)/t13-,15-/m1/s1. The molecule has 1 aliphatic heterocycles. The van der Waals surface area contributed by atoms with Gasteiger partial charge in [0.1, 0.15) is 5.75 Å². The SMILES string of the molecule is O=C(O)c1ccc(OCCCN2C[C@H]3CCC[C@H]32)cc1. The molecule has 1 saturated heterocycles. The molecule has 2 fully saturated rings. The van der Waals surface area contributed by atoms with Crippen molar-refractivity contribution >= 4 is 5.97 Å². The van der Waals surface area contributed by atoms with Gasteiger partial charge in [0.15, 0.2) is 0 Å². The van der Waals surface area contributed by atoms with Crippen LogP contribution in [0.2, 0.25) is 0 Å². The summed E-state index contributed by atoms with van der Waals surface area (Å²) in [6.45, 7) is 3.09. The first-order chi connectivity index (χ1) is 9.74. The number of benzene rings is 1. The van der Waals surface area contributed by atoms with Crippen LogP contribution in [0.15, 0.2) is 24.3 Å². The summed E-state index contributed by atoms with van der Waals surface area (Å²) >= 11 is 0. The highest BCUT2D eigenvalue weighted by molar-refractivity contribution is 5.87. The number of nitrogens with zero attached hydrogens (tertiary/aromatic N) is 1. The van der Waals surface area contributed by atoms with Crippen molar-refractivity contribution in [2.75, 3.05) is 19.7 Å². The van der Waals surface area contributed by atoms with Gasteiger partial charge < -0.3 is 9.84 Å². The second-order valence-corrected chi connectivity index (χ2v) is 5.78. The lowest BCUT2D eigenvalue weighted by atomic mass is 9.92. The zero-order valence-electron chi connectivity index (χ0n) is 11.6. The van der Waals surface area contributed by atoms with Gasteiger partial charge in [-0.25, -0.2) is 4.79 Å². The minimum atomic E-state index is -0.902. The fourth-order valence-electron chi connectivity index (χ4n) is 3.42. The quantitative estimate of drug-likeness (QED) is 0.811. The van der Waals surface area contributed by atoms with E-state index in [-0.39, 0.29) is 0 Å². The van der Waals surface area contributed by atoms with Gasteiger partial charge in [-0.2, -0.15) is 0 Å². The first kappa shape index (κ1) is 13.4. The van der Waals surface area contributed by atoms with Crippen molar-refractivity contribution in [3.8, 4) is 5.75 Å². The number of hydrogen-bond donors (Lipinski definition) is 1. The molecular formula is C16H21NO3. The lowest BCUT2D eigenvalue weighted by Gasteiger charge is -2.44. The Morgan fingerprint density at radius 3 is 2.80 bits per heavy atom. The molecule has 1 aliphatic carbocycles. The summed E-state index contributed by atoms with van der Waals surface area (Å²) < 4.78 is 5.65. The molecule has 3 rings (SSSR count). The predicted octanol–water partition coefficient (Wildman–Crippen LogP) is 2.64. The Morgan fingerprint density at radius 2 is 2.10 bits per heavy atom. The maximum absolute atomic E-state index is 10.7. The zero-order valence-corrected chi connectivity index (χ0v) is 11.6. The van der Waals surface area contributed by atoms with E-state index in [0.29, 0.717) is 12.2 Å². The van der Waals surface area contributed by atoms with E-state index >= 15 is 0 Å². The Morgan fingerprint density at radius 1 is 1.30 bits per heavy atom. The highest BCUT2D eigenvalue weighted by Crippen LogP contribution is 2.38. The van der Waals surface area contributed by atoms with E-state index in [2.05, 4.69) is 4.90 Å². The molecule has 0 aromatic heterocycles. The first-order valence-electron chi connectivity index (χ1n) is 7.44. The number of aromatic carboxylic acids is 1. The zero-order chi connectivity index (χ0) is 13.9. The minimum absolute atomic E-state index is 0.296. The average Bonchev–Trinajstić information content (AvgIpc) is 2.80. The number of likely N-dealkylation sites (tertiary alicyclic amines) is 1. The highest BCUT2D eigenvalue weighted by atomic mass is 16.5. The van der Waals surface area contributed by atoms with E-state index < -0.39 is 5.97 Å². The largest absolute Gasteiger partial charge is 0.494 e. The van der Waals surface area contributed by atoms with Crippen LogP contribution in [0.3, 0.4) is 0 Å². The van der Waals surface area contributed by atoms with Gasteiger partial charge in [0.05, 0.1) is 12.2 Å². The molecule has 1 aromatic carbocycles. The molecule has 0 spiro atoms. The highest BCUT2D eigenvalue weighted by Gasteiger charge is 2.41. The van der Waals surface area contributed by atoms with Crippen LogP contribution in [-0.4, -0.2) is 41.7 Å². The van der Waals surface area contributed by atoms with Crippen LogP contribution in [0, 0.1) is 5.92 Å². The third-order valence-corrected chi connectivity index (χ3v) is 4.52. The number of carboxylic acid groups (broad SMARTS) is 1. The van der Waals surface area contributed by atoms with Crippen molar-refractivity contribution in [2.45, 2.75) is 31.7 Å². The molecule has 1 aromatic rings. The Bertz CT molecular complexity index is 471. The summed E-state index contributed by atoms with van der Waals surface area (Å²) in [5, 5.41) is 8.81. The fourth-order valence-corrected chi connectivity index (χ4v) is 3.42. The molecule has 0 amide bonds. The van der Waals surface area contributed by atoms with Crippen molar-refractivity contribution < 1.29 is 14.6 Å². The monoisotopic (exact) mass is 275 g/mol. The Hall–Kier alpha value is -1.55. The molecule has 1 heterocycles. The molecule has 0 bridgehead atoms.